The van der Waals surface area contributed by atoms with E-state index in [4.69, 9.17) is 0 Å². The molecule has 0 bridgehead atoms. The summed E-state index contributed by atoms with van der Waals surface area (Å²) in [4.78, 5) is 12.3. The normalized spacial score (nSPS) is 13.9. The van der Waals surface area contributed by atoms with Crippen molar-refractivity contribution in [1.82, 2.24) is 5.32 Å². The van der Waals surface area contributed by atoms with Gasteiger partial charge in [0.1, 0.15) is 6.10 Å². The fourth-order valence-electron chi connectivity index (χ4n) is 5.45. The highest BCUT2D eigenvalue weighted by atomic mass is 16.3. The van der Waals surface area contributed by atoms with Crippen molar-refractivity contribution in [2.75, 3.05) is 6.61 Å². The van der Waals surface area contributed by atoms with Gasteiger partial charge in [-0.1, -0.05) is 168 Å². The number of carbonyl (C=O) groups is 1. The quantitative estimate of drug-likeness (QED) is 0.0644. The molecule has 0 fully saturated rings. The van der Waals surface area contributed by atoms with Crippen molar-refractivity contribution in [2.45, 2.75) is 205 Å². The number of rotatable bonds is 31. The van der Waals surface area contributed by atoms with E-state index in [1.807, 2.05) is 0 Å². The molecule has 1 unspecified atom stereocenters. The summed E-state index contributed by atoms with van der Waals surface area (Å²) in [5, 5.41) is 33.2. The minimum Gasteiger partial charge on any atom is -0.394 e. The Bertz CT molecular complexity index is 502. The molecule has 0 spiro atoms. The van der Waals surface area contributed by atoms with Gasteiger partial charge in [-0.3, -0.25) is 4.79 Å². The molecule has 0 aromatic carbocycles. The molecular weight excluding hydrogens is 486 g/mol. The molecule has 39 heavy (non-hydrogen) atoms. The van der Waals surface area contributed by atoms with Crippen molar-refractivity contribution in [3.8, 4) is 0 Å². The summed E-state index contributed by atoms with van der Waals surface area (Å²) < 4.78 is 0. The van der Waals surface area contributed by atoms with Crippen molar-refractivity contribution in [1.29, 1.82) is 0 Å². The smallest absolute Gasteiger partial charge is 0.220 e. The largest absolute Gasteiger partial charge is 0.394 e. The van der Waals surface area contributed by atoms with Gasteiger partial charge in [0.25, 0.3) is 0 Å². The Kier molecular flexibility index (Phi) is 29.8. The minimum atomic E-state index is -1.13. The Labute approximate surface area is 243 Å². The lowest BCUT2D eigenvalue weighted by Crippen LogP contribution is -2.50. The molecule has 5 nitrogen and oxygen atoms in total. The standard InChI is InChI=1S/C34H69NO4/c1-3-5-7-9-11-13-15-17-19-21-23-25-27-29-33(38)35-31(30-36)34(39)32(37)28-26-24-22-20-18-16-14-12-10-8-6-4-2/h31-32,34,36-37,39H,3-30H2,1-2H3,(H,35,38)/t31-,32?,34+/m0/s1. The number of amides is 1. The van der Waals surface area contributed by atoms with Crippen LogP contribution < -0.4 is 5.32 Å². The molecule has 1 amide bonds. The van der Waals surface area contributed by atoms with Gasteiger partial charge in [-0.05, 0) is 12.8 Å². The highest BCUT2D eigenvalue weighted by Gasteiger charge is 2.26. The van der Waals surface area contributed by atoms with E-state index >= 15 is 0 Å². The molecule has 4 N–H and O–H groups in total. The summed E-state index contributed by atoms with van der Waals surface area (Å²) in [7, 11) is 0. The molecule has 0 radical (unpaired) electrons. The molecule has 0 aliphatic carbocycles. The van der Waals surface area contributed by atoms with E-state index in [9.17, 15) is 20.1 Å². The van der Waals surface area contributed by atoms with Gasteiger partial charge in [0.05, 0.1) is 18.8 Å². The summed E-state index contributed by atoms with van der Waals surface area (Å²) in [6, 6.07) is -0.799. The van der Waals surface area contributed by atoms with E-state index < -0.39 is 18.2 Å². The van der Waals surface area contributed by atoms with Crippen LogP contribution in [0, 0.1) is 0 Å². The SMILES string of the molecule is CCCCCCCCCCCCCCCC(=O)N[C@@H](CO)[C@@H](O)C(O)CCCCCCCCCCCCCC. The van der Waals surface area contributed by atoms with Crippen molar-refractivity contribution >= 4 is 5.91 Å². The third-order valence-electron chi connectivity index (χ3n) is 8.21. The van der Waals surface area contributed by atoms with Crippen LogP contribution in [0.1, 0.15) is 187 Å². The summed E-state index contributed by atoms with van der Waals surface area (Å²) in [5.41, 5.74) is 0. The molecule has 3 atom stereocenters. The van der Waals surface area contributed by atoms with Crippen LogP contribution in [-0.2, 0) is 4.79 Å². The average Bonchev–Trinajstić information content (AvgIpc) is 2.94. The lowest BCUT2D eigenvalue weighted by atomic mass is 9.99. The molecule has 5 heteroatoms. The van der Waals surface area contributed by atoms with E-state index in [-0.39, 0.29) is 12.5 Å². The van der Waals surface area contributed by atoms with Crippen molar-refractivity contribution in [3.05, 3.63) is 0 Å². The van der Waals surface area contributed by atoms with Crippen LogP contribution in [0.3, 0.4) is 0 Å². The van der Waals surface area contributed by atoms with Gasteiger partial charge >= 0.3 is 0 Å². The van der Waals surface area contributed by atoms with Crippen molar-refractivity contribution in [2.24, 2.45) is 0 Å². The van der Waals surface area contributed by atoms with Gasteiger partial charge in [-0.25, -0.2) is 0 Å². The van der Waals surface area contributed by atoms with Gasteiger partial charge < -0.3 is 20.6 Å². The molecule has 0 saturated heterocycles. The van der Waals surface area contributed by atoms with Crippen molar-refractivity contribution in [3.63, 3.8) is 0 Å². The van der Waals surface area contributed by atoms with Crippen LogP contribution in [0.2, 0.25) is 0 Å². The van der Waals surface area contributed by atoms with E-state index in [0.717, 1.165) is 38.5 Å². The summed E-state index contributed by atoms with van der Waals surface area (Å²) in [6.07, 6.45) is 30.4. The molecule has 0 aliphatic heterocycles. The maximum Gasteiger partial charge on any atom is 0.220 e. The lowest BCUT2D eigenvalue weighted by molar-refractivity contribution is -0.124. The van der Waals surface area contributed by atoms with Crippen LogP contribution in [0.4, 0.5) is 0 Å². The van der Waals surface area contributed by atoms with E-state index in [1.165, 1.54) is 122 Å². The van der Waals surface area contributed by atoms with E-state index in [1.54, 1.807) is 0 Å². The number of hydrogen-bond acceptors (Lipinski definition) is 4. The fraction of sp³-hybridized carbons (Fsp3) is 0.971. The van der Waals surface area contributed by atoms with Crippen molar-refractivity contribution < 1.29 is 20.1 Å². The summed E-state index contributed by atoms with van der Waals surface area (Å²) >= 11 is 0. The number of carbonyl (C=O) groups excluding carboxylic acids is 1. The van der Waals surface area contributed by atoms with Gasteiger partial charge in [0, 0.05) is 6.42 Å². The van der Waals surface area contributed by atoms with Crippen LogP contribution >= 0.6 is 0 Å². The van der Waals surface area contributed by atoms with Gasteiger partial charge in [-0.2, -0.15) is 0 Å². The second-order valence-corrected chi connectivity index (χ2v) is 12.1. The molecule has 234 valence electrons. The molecule has 0 heterocycles. The summed E-state index contributed by atoms with van der Waals surface area (Å²) in [6.45, 7) is 4.15. The zero-order chi connectivity index (χ0) is 28.8. The third-order valence-corrected chi connectivity index (χ3v) is 8.21. The molecule has 0 aromatic rings. The second-order valence-electron chi connectivity index (χ2n) is 12.1. The molecule has 0 saturated carbocycles. The third kappa shape index (κ3) is 26.0. The van der Waals surface area contributed by atoms with Crippen LogP contribution in [0.5, 0.6) is 0 Å². The number of hydrogen-bond donors (Lipinski definition) is 4. The minimum absolute atomic E-state index is 0.145. The fourth-order valence-corrected chi connectivity index (χ4v) is 5.45. The van der Waals surface area contributed by atoms with Gasteiger partial charge in [-0.15, -0.1) is 0 Å². The van der Waals surface area contributed by atoms with E-state index in [2.05, 4.69) is 19.2 Å². The Morgan fingerprint density at radius 3 is 1.23 bits per heavy atom. The second kappa shape index (κ2) is 30.3. The number of aliphatic hydroxyl groups excluding tert-OH is 3. The lowest BCUT2D eigenvalue weighted by Gasteiger charge is -2.26. The monoisotopic (exact) mass is 556 g/mol. The highest BCUT2D eigenvalue weighted by Crippen LogP contribution is 2.16. The van der Waals surface area contributed by atoms with Gasteiger partial charge in [0.15, 0.2) is 0 Å². The van der Waals surface area contributed by atoms with Crippen LogP contribution in [0.25, 0.3) is 0 Å². The maximum absolute atomic E-state index is 12.3. The van der Waals surface area contributed by atoms with E-state index in [0.29, 0.717) is 12.8 Å². The number of unbranched alkanes of at least 4 members (excludes halogenated alkanes) is 23. The Hall–Kier alpha value is -0.650. The predicted molar refractivity (Wildman–Crippen MR) is 167 cm³/mol. The topological polar surface area (TPSA) is 89.8 Å². The average molecular weight is 556 g/mol. The Morgan fingerprint density at radius 1 is 0.538 bits per heavy atom. The van der Waals surface area contributed by atoms with Gasteiger partial charge in [0.2, 0.25) is 5.91 Å². The zero-order valence-corrected chi connectivity index (χ0v) is 26.3. The molecule has 0 rings (SSSR count). The Morgan fingerprint density at radius 2 is 0.872 bits per heavy atom. The first-order valence-corrected chi connectivity index (χ1v) is 17.3. The molecule has 0 aliphatic rings. The first-order valence-electron chi connectivity index (χ1n) is 17.3. The maximum atomic E-state index is 12.3. The number of aliphatic hydroxyl groups is 3. The van der Waals surface area contributed by atoms with Crippen LogP contribution in [-0.4, -0.2) is 46.1 Å². The molecule has 0 aromatic heterocycles. The summed E-state index contributed by atoms with van der Waals surface area (Å²) in [5.74, 6) is -0.145. The first kappa shape index (κ1) is 38.4. The Balaban J connectivity index is 3.69. The van der Waals surface area contributed by atoms with Crippen LogP contribution in [0.15, 0.2) is 0 Å². The highest BCUT2D eigenvalue weighted by molar-refractivity contribution is 5.76. The number of nitrogens with one attached hydrogen (secondary N) is 1. The predicted octanol–water partition coefficient (Wildman–Crippen LogP) is 8.76. The first-order chi connectivity index (χ1) is 19.1. The zero-order valence-electron chi connectivity index (χ0n) is 26.3. The molecular formula is C34H69NO4.